The van der Waals surface area contributed by atoms with Crippen molar-refractivity contribution in [2.45, 2.75) is 12.5 Å². The summed E-state index contributed by atoms with van der Waals surface area (Å²) in [5, 5.41) is 16.4. The highest BCUT2D eigenvalue weighted by Gasteiger charge is 2.08. The Morgan fingerprint density at radius 2 is 2.30 bits per heavy atom. The second-order valence-corrected chi connectivity index (χ2v) is 3.98. The maximum Gasteiger partial charge on any atom is 0.258 e. The van der Waals surface area contributed by atoms with E-state index in [9.17, 15) is 5.11 Å². The van der Waals surface area contributed by atoms with Gasteiger partial charge in [0.1, 0.15) is 12.7 Å². The second-order valence-electron chi connectivity index (χ2n) is 3.98. The van der Waals surface area contributed by atoms with Crippen molar-refractivity contribution in [1.29, 1.82) is 0 Å². The normalized spacial score (nSPS) is 12.3. The van der Waals surface area contributed by atoms with Crippen LogP contribution in [0.1, 0.15) is 6.42 Å². The summed E-state index contributed by atoms with van der Waals surface area (Å²) in [4.78, 5) is 15.9. The molecular formula is C10H16N8O2. The summed E-state index contributed by atoms with van der Waals surface area (Å²) < 4.78 is 6.21. The third-order valence-corrected chi connectivity index (χ3v) is 2.38. The van der Waals surface area contributed by atoms with E-state index in [0.29, 0.717) is 18.9 Å². The van der Waals surface area contributed by atoms with Crippen LogP contribution in [0.5, 0.6) is 0 Å². The smallest absolute Gasteiger partial charge is 0.258 e. The van der Waals surface area contributed by atoms with E-state index in [1.807, 2.05) is 0 Å². The highest BCUT2D eigenvalue weighted by Crippen LogP contribution is 2.06. The number of rotatable bonds is 7. The van der Waals surface area contributed by atoms with Gasteiger partial charge < -0.3 is 20.9 Å². The van der Waals surface area contributed by atoms with Crippen molar-refractivity contribution in [1.82, 2.24) is 29.7 Å². The van der Waals surface area contributed by atoms with Crippen LogP contribution >= 0.6 is 0 Å². The molecule has 0 bridgehead atoms. The van der Waals surface area contributed by atoms with Crippen LogP contribution in [0.15, 0.2) is 12.7 Å². The summed E-state index contributed by atoms with van der Waals surface area (Å²) in [5.41, 5.74) is 5.61. The van der Waals surface area contributed by atoms with E-state index in [4.69, 9.17) is 10.5 Å². The third-order valence-electron chi connectivity index (χ3n) is 2.38. The quantitative estimate of drug-likeness (QED) is 0.573. The lowest BCUT2D eigenvalue weighted by molar-refractivity contribution is 0.0615. The van der Waals surface area contributed by atoms with Crippen molar-refractivity contribution in [2.75, 3.05) is 31.3 Å². The van der Waals surface area contributed by atoms with Crippen LogP contribution in [0, 0.1) is 0 Å². The minimum Gasteiger partial charge on any atom is -0.391 e. The molecule has 0 saturated carbocycles. The SMILES string of the molecule is COCC(O)CCNc1nc(N)nc(-n2cncn2)n1. The lowest BCUT2D eigenvalue weighted by Crippen LogP contribution is -2.19. The fraction of sp³-hybridized carbons (Fsp3) is 0.500. The molecule has 1 unspecified atom stereocenters. The predicted octanol–water partition coefficient (Wildman–Crippen LogP) is -1.16. The van der Waals surface area contributed by atoms with Gasteiger partial charge in [-0.15, -0.1) is 0 Å². The van der Waals surface area contributed by atoms with Gasteiger partial charge in [0.05, 0.1) is 12.7 Å². The Balaban J connectivity index is 1.98. The number of ether oxygens (including phenoxy) is 1. The number of hydrogen-bond donors (Lipinski definition) is 3. The fourth-order valence-electron chi connectivity index (χ4n) is 1.50. The molecule has 1 atom stereocenters. The lowest BCUT2D eigenvalue weighted by Gasteiger charge is -2.10. The summed E-state index contributed by atoms with van der Waals surface area (Å²) in [5.74, 6) is 0.660. The number of nitrogen functional groups attached to an aromatic ring is 1. The minimum absolute atomic E-state index is 0.0745. The van der Waals surface area contributed by atoms with E-state index >= 15 is 0 Å². The molecule has 10 heteroatoms. The molecule has 0 amide bonds. The Morgan fingerprint density at radius 3 is 3.00 bits per heavy atom. The van der Waals surface area contributed by atoms with Gasteiger partial charge in [0.15, 0.2) is 0 Å². The number of nitrogens with two attached hydrogens (primary N) is 1. The molecule has 10 nitrogen and oxygen atoms in total. The second kappa shape index (κ2) is 6.73. The summed E-state index contributed by atoms with van der Waals surface area (Å²) in [7, 11) is 1.54. The standard InChI is InChI=1S/C10H16N8O2/c1-20-4-7(19)2-3-13-9-15-8(11)16-10(17-9)18-6-12-5-14-18/h5-7,19H,2-4H2,1H3,(H3,11,13,15,16,17). The highest BCUT2D eigenvalue weighted by molar-refractivity contribution is 5.34. The lowest BCUT2D eigenvalue weighted by atomic mass is 10.3. The summed E-state index contributed by atoms with van der Waals surface area (Å²) in [6.07, 6.45) is 2.79. The Morgan fingerprint density at radius 1 is 1.45 bits per heavy atom. The molecule has 0 aliphatic carbocycles. The largest absolute Gasteiger partial charge is 0.391 e. The molecule has 4 N–H and O–H groups in total. The number of nitrogens with one attached hydrogen (secondary N) is 1. The molecule has 108 valence electrons. The molecule has 20 heavy (non-hydrogen) atoms. The third kappa shape index (κ3) is 3.83. The molecule has 2 heterocycles. The number of aliphatic hydroxyl groups excluding tert-OH is 1. The van der Waals surface area contributed by atoms with Gasteiger partial charge in [0.2, 0.25) is 11.9 Å². The molecular weight excluding hydrogens is 264 g/mol. The van der Waals surface area contributed by atoms with Crippen molar-refractivity contribution < 1.29 is 9.84 Å². The number of aliphatic hydroxyl groups is 1. The van der Waals surface area contributed by atoms with Crippen molar-refractivity contribution in [3.05, 3.63) is 12.7 Å². The van der Waals surface area contributed by atoms with Gasteiger partial charge in [0.25, 0.3) is 5.95 Å². The molecule has 0 saturated heterocycles. The maximum absolute atomic E-state index is 9.52. The average Bonchev–Trinajstić information content (AvgIpc) is 2.92. The van der Waals surface area contributed by atoms with Gasteiger partial charge >= 0.3 is 0 Å². The summed E-state index contributed by atoms with van der Waals surface area (Å²) >= 11 is 0. The van der Waals surface area contributed by atoms with Gasteiger partial charge in [-0.25, -0.2) is 4.98 Å². The van der Waals surface area contributed by atoms with Gasteiger partial charge in [-0.3, -0.25) is 0 Å². The monoisotopic (exact) mass is 280 g/mol. The van der Waals surface area contributed by atoms with Crippen LogP contribution in [0.25, 0.3) is 5.95 Å². The average molecular weight is 280 g/mol. The summed E-state index contributed by atoms with van der Waals surface area (Å²) in [6.45, 7) is 0.760. The number of anilines is 2. The number of aromatic nitrogens is 6. The van der Waals surface area contributed by atoms with Crippen molar-refractivity contribution in [3.63, 3.8) is 0 Å². The van der Waals surface area contributed by atoms with Crippen molar-refractivity contribution in [3.8, 4) is 5.95 Å². The van der Waals surface area contributed by atoms with E-state index < -0.39 is 6.10 Å². The van der Waals surface area contributed by atoms with E-state index in [-0.39, 0.29) is 18.5 Å². The van der Waals surface area contributed by atoms with Crippen LogP contribution in [-0.2, 0) is 4.74 Å². The van der Waals surface area contributed by atoms with Gasteiger partial charge in [-0.2, -0.15) is 24.7 Å². The summed E-state index contributed by atoms with van der Waals surface area (Å²) in [6, 6.07) is 0. The molecule has 0 aliphatic rings. The zero-order chi connectivity index (χ0) is 14.4. The van der Waals surface area contributed by atoms with Crippen LogP contribution in [-0.4, -0.2) is 61.2 Å². The number of nitrogens with zero attached hydrogens (tertiary/aromatic N) is 6. The van der Waals surface area contributed by atoms with Gasteiger partial charge in [-0.05, 0) is 6.42 Å². The number of methoxy groups -OCH3 is 1. The molecule has 2 aromatic rings. The first kappa shape index (κ1) is 14.1. The van der Waals surface area contributed by atoms with Crippen LogP contribution in [0.3, 0.4) is 0 Å². The topological polar surface area (TPSA) is 137 Å². The molecule has 0 spiro atoms. The molecule has 0 fully saturated rings. The van der Waals surface area contributed by atoms with Crippen LogP contribution in [0.4, 0.5) is 11.9 Å². The van der Waals surface area contributed by atoms with Crippen molar-refractivity contribution in [2.24, 2.45) is 0 Å². The first-order chi connectivity index (χ1) is 9.69. The molecule has 2 rings (SSSR count). The van der Waals surface area contributed by atoms with E-state index in [1.54, 1.807) is 0 Å². The van der Waals surface area contributed by atoms with Crippen LogP contribution in [0.2, 0.25) is 0 Å². The Hall–Kier alpha value is -2.33. The highest BCUT2D eigenvalue weighted by atomic mass is 16.5. The molecule has 0 aromatic carbocycles. The molecule has 0 aliphatic heterocycles. The fourth-order valence-corrected chi connectivity index (χ4v) is 1.50. The van der Waals surface area contributed by atoms with E-state index in [1.165, 1.54) is 24.4 Å². The maximum atomic E-state index is 9.52. The van der Waals surface area contributed by atoms with Crippen LogP contribution < -0.4 is 11.1 Å². The minimum atomic E-state index is -0.540. The predicted molar refractivity (Wildman–Crippen MR) is 70.1 cm³/mol. The molecule has 0 radical (unpaired) electrons. The Bertz CT molecular complexity index is 532. The van der Waals surface area contributed by atoms with Gasteiger partial charge in [0, 0.05) is 13.7 Å². The van der Waals surface area contributed by atoms with Gasteiger partial charge in [-0.1, -0.05) is 0 Å². The Kier molecular flexibility index (Phi) is 4.74. The zero-order valence-corrected chi connectivity index (χ0v) is 11.0. The molecule has 2 aromatic heterocycles. The van der Waals surface area contributed by atoms with E-state index in [2.05, 4.69) is 30.4 Å². The van der Waals surface area contributed by atoms with Crippen molar-refractivity contribution >= 4 is 11.9 Å². The zero-order valence-electron chi connectivity index (χ0n) is 11.0. The number of hydrogen-bond acceptors (Lipinski definition) is 9. The van der Waals surface area contributed by atoms with E-state index in [0.717, 1.165) is 0 Å². The Labute approximate surface area is 115 Å². The first-order valence-electron chi connectivity index (χ1n) is 5.96. The first-order valence-corrected chi connectivity index (χ1v) is 5.96.